The van der Waals surface area contributed by atoms with E-state index in [4.69, 9.17) is 17.3 Å². The molecule has 0 unspecified atom stereocenters. The van der Waals surface area contributed by atoms with Crippen LogP contribution in [0.1, 0.15) is 5.56 Å². The first-order valence-electron chi connectivity index (χ1n) is 4.82. The summed E-state index contributed by atoms with van der Waals surface area (Å²) in [5.74, 6) is 0.0357. The molecule has 1 rings (SSSR count). The van der Waals surface area contributed by atoms with E-state index in [0.717, 1.165) is 5.56 Å². The van der Waals surface area contributed by atoms with E-state index in [0.29, 0.717) is 24.5 Å². The monoisotopic (exact) mass is 226 g/mol. The minimum atomic E-state index is 0.0357. The quantitative estimate of drug-likeness (QED) is 0.841. The van der Waals surface area contributed by atoms with E-state index < -0.39 is 0 Å². The molecule has 1 aromatic carbocycles. The minimum absolute atomic E-state index is 0.0357. The van der Waals surface area contributed by atoms with Crippen molar-refractivity contribution in [2.75, 3.05) is 20.1 Å². The topological polar surface area (TPSA) is 46.3 Å². The van der Waals surface area contributed by atoms with Gasteiger partial charge in [0.1, 0.15) is 0 Å². The molecule has 0 bridgehead atoms. The van der Waals surface area contributed by atoms with Gasteiger partial charge in [-0.2, -0.15) is 0 Å². The summed E-state index contributed by atoms with van der Waals surface area (Å²) in [5.41, 5.74) is 6.23. The molecule has 0 fully saturated rings. The van der Waals surface area contributed by atoms with Crippen LogP contribution in [0.15, 0.2) is 24.3 Å². The highest BCUT2D eigenvalue weighted by Gasteiger charge is 2.10. The van der Waals surface area contributed by atoms with Crippen LogP contribution in [0.5, 0.6) is 0 Å². The molecule has 0 aliphatic carbocycles. The van der Waals surface area contributed by atoms with Crippen molar-refractivity contribution in [3.8, 4) is 0 Å². The maximum atomic E-state index is 11.7. The maximum absolute atomic E-state index is 11.7. The Hall–Kier alpha value is -1.06. The van der Waals surface area contributed by atoms with E-state index in [2.05, 4.69) is 0 Å². The Morgan fingerprint density at radius 1 is 1.47 bits per heavy atom. The smallest absolute Gasteiger partial charge is 0.226 e. The molecule has 1 aromatic rings. The molecule has 0 heterocycles. The molecule has 0 atom stereocenters. The number of halogens is 1. The van der Waals surface area contributed by atoms with Gasteiger partial charge >= 0.3 is 0 Å². The van der Waals surface area contributed by atoms with Crippen LogP contribution >= 0.6 is 11.6 Å². The number of nitrogens with zero attached hydrogens (tertiary/aromatic N) is 1. The number of likely N-dealkylation sites (N-methyl/N-ethyl adjacent to an activating group) is 1. The fraction of sp³-hybridized carbons (Fsp3) is 0.364. The highest BCUT2D eigenvalue weighted by Crippen LogP contribution is 2.15. The molecule has 0 aromatic heterocycles. The van der Waals surface area contributed by atoms with Gasteiger partial charge in [-0.15, -0.1) is 0 Å². The summed E-state index contributed by atoms with van der Waals surface area (Å²) in [6.45, 7) is 1.05. The summed E-state index contributed by atoms with van der Waals surface area (Å²) in [4.78, 5) is 13.3. The second-order valence-corrected chi connectivity index (χ2v) is 3.78. The normalized spacial score (nSPS) is 10.1. The lowest BCUT2D eigenvalue weighted by Gasteiger charge is -2.16. The van der Waals surface area contributed by atoms with Crippen molar-refractivity contribution >= 4 is 17.5 Å². The molecule has 3 nitrogen and oxygen atoms in total. The van der Waals surface area contributed by atoms with Gasteiger partial charge in [0.25, 0.3) is 0 Å². The van der Waals surface area contributed by atoms with Crippen LogP contribution < -0.4 is 5.73 Å². The SMILES string of the molecule is CN(CCN)C(=O)Cc1ccccc1Cl. The number of benzene rings is 1. The number of amides is 1. The molecule has 4 heteroatoms. The first kappa shape index (κ1) is 12.0. The van der Waals surface area contributed by atoms with Gasteiger partial charge in [0.2, 0.25) is 5.91 Å². The molecule has 0 radical (unpaired) electrons. The van der Waals surface area contributed by atoms with Crippen molar-refractivity contribution in [3.05, 3.63) is 34.9 Å². The molecule has 2 N–H and O–H groups in total. The average molecular weight is 227 g/mol. The molecule has 1 amide bonds. The summed E-state index contributed by atoms with van der Waals surface area (Å²) in [6, 6.07) is 7.36. The number of nitrogens with two attached hydrogens (primary N) is 1. The fourth-order valence-corrected chi connectivity index (χ4v) is 1.46. The second kappa shape index (κ2) is 5.73. The Labute approximate surface area is 94.8 Å². The predicted molar refractivity (Wildman–Crippen MR) is 61.8 cm³/mol. The van der Waals surface area contributed by atoms with Gasteiger partial charge < -0.3 is 10.6 Å². The lowest BCUT2D eigenvalue weighted by atomic mass is 10.1. The lowest BCUT2D eigenvalue weighted by Crippen LogP contribution is -2.32. The summed E-state index contributed by atoms with van der Waals surface area (Å²) >= 11 is 5.95. The van der Waals surface area contributed by atoms with Gasteiger partial charge in [-0.1, -0.05) is 29.8 Å². The van der Waals surface area contributed by atoms with Crippen molar-refractivity contribution in [2.24, 2.45) is 5.73 Å². The van der Waals surface area contributed by atoms with E-state index >= 15 is 0 Å². The zero-order valence-corrected chi connectivity index (χ0v) is 9.50. The molecule has 0 aliphatic rings. The third-order valence-electron chi connectivity index (χ3n) is 2.19. The van der Waals surface area contributed by atoms with Gasteiger partial charge in [-0.3, -0.25) is 4.79 Å². The molecule has 82 valence electrons. The Bertz CT molecular complexity index is 341. The highest BCUT2D eigenvalue weighted by molar-refractivity contribution is 6.31. The minimum Gasteiger partial charge on any atom is -0.344 e. The molecule has 0 saturated heterocycles. The Kier molecular flexibility index (Phi) is 4.59. The number of hydrogen-bond acceptors (Lipinski definition) is 2. The first-order chi connectivity index (χ1) is 7.15. The summed E-state index contributed by atoms with van der Waals surface area (Å²) in [7, 11) is 1.74. The standard InChI is InChI=1S/C11H15ClN2O/c1-14(7-6-13)11(15)8-9-4-2-3-5-10(9)12/h2-5H,6-8,13H2,1H3. The van der Waals surface area contributed by atoms with Crippen molar-refractivity contribution in [1.29, 1.82) is 0 Å². The Morgan fingerprint density at radius 3 is 2.73 bits per heavy atom. The van der Waals surface area contributed by atoms with E-state index in [1.807, 2.05) is 18.2 Å². The summed E-state index contributed by atoms with van der Waals surface area (Å²) in [6.07, 6.45) is 0.330. The van der Waals surface area contributed by atoms with Gasteiger partial charge in [-0.05, 0) is 11.6 Å². The van der Waals surface area contributed by atoms with Crippen LogP contribution in [0.3, 0.4) is 0 Å². The first-order valence-corrected chi connectivity index (χ1v) is 5.20. The van der Waals surface area contributed by atoms with E-state index in [1.54, 1.807) is 18.0 Å². The molecule has 15 heavy (non-hydrogen) atoms. The predicted octanol–water partition coefficient (Wildman–Crippen LogP) is 1.30. The Balaban J connectivity index is 2.62. The number of carbonyl (C=O) groups excluding carboxylic acids is 1. The molecule has 0 aliphatic heterocycles. The van der Waals surface area contributed by atoms with Crippen LogP contribution in [-0.2, 0) is 11.2 Å². The van der Waals surface area contributed by atoms with Gasteiger partial charge in [0, 0.05) is 25.2 Å². The zero-order valence-electron chi connectivity index (χ0n) is 8.74. The van der Waals surface area contributed by atoms with Crippen molar-refractivity contribution in [2.45, 2.75) is 6.42 Å². The highest BCUT2D eigenvalue weighted by atomic mass is 35.5. The molecule has 0 spiro atoms. The van der Waals surface area contributed by atoms with E-state index in [-0.39, 0.29) is 5.91 Å². The number of carbonyl (C=O) groups is 1. The largest absolute Gasteiger partial charge is 0.344 e. The molecular weight excluding hydrogens is 212 g/mol. The van der Waals surface area contributed by atoms with Crippen LogP contribution in [0.25, 0.3) is 0 Å². The zero-order chi connectivity index (χ0) is 11.3. The van der Waals surface area contributed by atoms with Gasteiger partial charge in [0.15, 0.2) is 0 Å². The third kappa shape index (κ3) is 3.53. The van der Waals surface area contributed by atoms with Crippen molar-refractivity contribution in [1.82, 2.24) is 4.90 Å². The number of hydrogen-bond donors (Lipinski definition) is 1. The van der Waals surface area contributed by atoms with Gasteiger partial charge in [-0.25, -0.2) is 0 Å². The van der Waals surface area contributed by atoms with Crippen molar-refractivity contribution in [3.63, 3.8) is 0 Å². The summed E-state index contributed by atoms with van der Waals surface area (Å²) < 4.78 is 0. The molecule has 0 saturated carbocycles. The van der Waals surface area contributed by atoms with Crippen LogP contribution in [0.2, 0.25) is 5.02 Å². The maximum Gasteiger partial charge on any atom is 0.226 e. The lowest BCUT2D eigenvalue weighted by molar-refractivity contribution is -0.129. The Morgan fingerprint density at radius 2 is 2.13 bits per heavy atom. The van der Waals surface area contributed by atoms with Crippen molar-refractivity contribution < 1.29 is 4.79 Å². The summed E-state index contributed by atoms with van der Waals surface area (Å²) in [5, 5.41) is 0.631. The fourth-order valence-electron chi connectivity index (χ4n) is 1.26. The van der Waals surface area contributed by atoms with E-state index in [1.165, 1.54) is 0 Å². The van der Waals surface area contributed by atoms with Crippen LogP contribution in [-0.4, -0.2) is 30.9 Å². The second-order valence-electron chi connectivity index (χ2n) is 3.37. The van der Waals surface area contributed by atoms with Gasteiger partial charge in [0.05, 0.1) is 6.42 Å². The van der Waals surface area contributed by atoms with E-state index in [9.17, 15) is 4.79 Å². The van der Waals surface area contributed by atoms with Crippen LogP contribution in [0, 0.1) is 0 Å². The average Bonchev–Trinajstić information content (AvgIpc) is 2.21. The van der Waals surface area contributed by atoms with Crippen LogP contribution in [0.4, 0.5) is 0 Å². The third-order valence-corrected chi connectivity index (χ3v) is 2.56. The molecular formula is C11H15ClN2O. The number of rotatable bonds is 4.